The summed E-state index contributed by atoms with van der Waals surface area (Å²) in [4.78, 5) is 15.2. The molecular weight excluding hydrogens is 386 g/mol. The minimum Gasteiger partial charge on any atom is -0.370 e. The van der Waals surface area contributed by atoms with Crippen LogP contribution in [0.5, 0.6) is 0 Å². The van der Waals surface area contributed by atoms with Gasteiger partial charge in [-0.3, -0.25) is 4.79 Å². The van der Waals surface area contributed by atoms with Crippen molar-refractivity contribution in [1.29, 1.82) is 0 Å². The van der Waals surface area contributed by atoms with Crippen molar-refractivity contribution in [1.82, 2.24) is 4.31 Å². The number of hydrogen-bond donors (Lipinski definition) is 1. The summed E-state index contributed by atoms with van der Waals surface area (Å²) in [5.74, 6) is -0.247. The largest absolute Gasteiger partial charge is 0.370 e. The second-order valence-electron chi connectivity index (χ2n) is 7.28. The molecule has 1 fully saturated rings. The highest BCUT2D eigenvalue weighted by Gasteiger charge is 2.25. The van der Waals surface area contributed by atoms with Crippen molar-refractivity contribution in [3.8, 4) is 0 Å². The Bertz CT molecular complexity index is 961. The second-order valence-corrected chi connectivity index (χ2v) is 9.22. The highest BCUT2D eigenvalue weighted by Crippen LogP contribution is 2.32. The number of hydrogen-bond acceptors (Lipinski definition) is 4. The Morgan fingerprint density at radius 3 is 2.24 bits per heavy atom. The Labute approximate surface area is 173 Å². The van der Waals surface area contributed by atoms with Crippen LogP contribution in [0.2, 0.25) is 0 Å². The first kappa shape index (κ1) is 21.3. The average molecular weight is 416 g/mol. The molecule has 29 heavy (non-hydrogen) atoms. The number of aryl methyl sites for hydroxylation is 1. The average Bonchev–Trinajstić information content (AvgIpc) is 3.23. The highest BCUT2D eigenvalue weighted by molar-refractivity contribution is 7.89. The molecule has 0 atom stereocenters. The molecule has 0 saturated carbocycles. The van der Waals surface area contributed by atoms with Gasteiger partial charge in [0.05, 0.1) is 16.3 Å². The zero-order valence-corrected chi connectivity index (χ0v) is 18.1. The minimum atomic E-state index is -3.61. The molecule has 0 bridgehead atoms. The van der Waals surface area contributed by atoms with Gasteiger partial charge in [0.2, 0.25) is 10.0 Å². The predicted octanol–water partition coefficient (Wildman–Crippen LogP) is 3.88. The topological polar surface area (TPSA) is 69.7 Å². The summed E-state index contributed by atoms with van der Waals surface area (Å²) in [6.45, 7) is 8.20. The molecule has 6 nitrogen and oxygen atoms in total. The first-order valence-electron chi connectivity index (χ1n) is 10.1. The third kappa shape index (κ3) is 4.62. The molecule has 2 aromatic carbocycles. The molecule has 156 valence electrons. The Hall–Kier alpha value is -2.38. The molecule has 1 amide bonds. The van der Waals surface area contributed by atoms with Crippen LogP contribution in [0.15, 0.2) is 47.4 Å². The van der Waals surface area contributed by atoms with Gasteiger partial charge in [-0.2, -0.15) is 4.31 Å². The molecule has 7 heteroatoms. The van der Waals surface area contributed by atoms with Crippen molar-refractivity contribution in [3.63, 3.8) is 0 Å². The van der Waals surface area contributed by atoms with Gasteiger partial charge in [0.15, 0.2) is 0 Å². The summed E-state index contributed by atoms with van der Waals surface area (Å²) in [7, 11) is -3.61. The Morgan fingerprint density at radius 1 is 1.03 bits per heavy atom. The van der Waals surface area contributed by atoms with E-state index in [1.165, 1.54) is 4.31 Å². The molecule has 1 N–H and O–H groups in total. The number of anilines is 2. The number of nitrogens with zero attached hydrogens (tertiary/aromatic N) is 2. The van der Waals surface area contributed by atoms with Gasteiger partial charge in [-0.25, -0.2) is 8.42 Å². The molecule has 1 heterocycles. The number of carbonyl (C=O) groups excluding carboxylic acids is 1. The van der Waals surface area contributed by atoms with E-state index in [2.05, 4.69) is 10.2 Å². The van der Waals surface area contributed by atoms with Crippen LogP contribution < -0.4 is 10.2 Å². The minimum absolute atomic E-state index is 0.198. The maximum absolute atomic E-state index is 13.0. The van der Waals surface area contributed by atoms with Crippen molar-refractivity contribution in [2.45, 2.75) is 38.5 Å². The number of nitrogens with one attached hydrogen (secondary N) is 1. The molecule has 2 aromatic rings. The summed E-state index contributed by atoms with van der Waals surface area (Å²) >= 11 is 0. The molecule has 0 unspecified atom stereocenters. The third-order valence-corrected chi connectivity index (χ3v) is 7.37. The lowest BCUT2D eigenvalue weighted by molar-refractivity contribution is 0.102. The first-order chi connectivity index (χ1) is 13.9. The standard InChI is InChI=1S/C22H29N3O3S/c1-4-25(5-2)29(27,28)19-12-13-21(24-14-6-7-15-24)20(16-19)23-22(26)18-10-8-17(3)9-11-18/h8-13,16H,4-7,14-15H2,1-3H3,(H,23,26). The number of benzene rings is 2. The van der Waals surface area contributed by atoms with Crippen LogP contribution in [-0.2, 0) is 10.0 Å². The van der Waals surface area contributed by atoms with E-state index in [1.54, 1.807) is 24.3 Å². The van der Waals surface area contributed by atoms with E-state index in [1.807, 2.05) is 39.0 Å². The van der Waals surface area contributed by atoms with Gasteiger partial charge in [-0.15, -0.1) is 0 Å². The van der Waals surface area contributed by atoms with Gasteiger partial charge >= 0.3 is 0 Å². The summed E-state index contributed by atoms with van der Waals surface area (Å²) in [5.41, 5.74) is 3.01. The van der Waals surface area contributed by atoms with E-state index in [0.29, 0.717) is 24.3 Å². The third-order valence-electron chi connectivity index (χ3n) is 5.32. The fraction of sp³-hybridized carbons (Fsp3) is 0.409. The van der Waals surface area contributed by atoms with Crippen molar-refractivity contribution in [2.24, 2.45) is 0 Å². The summed E-state index contributed by atoms with van der Waals surface area (Å²) in [6.07, 6.45) is 2.18. The predicted molar refractivity (Wildman–Crippen MR) is 117 cm³/mol. The Kier molecular flexibility index (Phi) is 6.59. The fourth-order valence-corrected chi connectivity index (χ4v) is 5.11. The summed E-state index contributed by atoms with van der Waals surface area (Å²) in [5, 5.41) is 2.95. The number of sulfonamides is 1. The van der Waals surface area contributed by atoms with Crippen LogP contribution in [0.3, 0.4) is 0 Å². The zero-order chi connectivity index (χ0) is 21.0. The molecule has 1 aliphatic rings. The highest BCUT2D eigenvalue weighted by atomic mass is 32.2. The Balaban J connectivity index is 1.99. The zero-order valence-electron chi connectivity index (χ0n) is 17.3. The van der Waals surface area contributed by atoms with E-state index in [4.69, 9.17) is 0 Å². The Morgan fingerprint density at radius 2 is 1.66 bits per heavy atom. The van der Waals surface area contributed by atoms with Crippen LogP contribution in [0, 0.1) is 6.92 Å². The summed E-state index contributed by atoms with van der Waals surface area (Å²) < 4.78 is 27.4. The van der Waals surface area contributed by atoms with Gasteiger partial charge in [0.1, 0.15) is 0 Å². The van der Waals surface area contributed by atoms with Crippen molar-refractivity contribution in [3.05, 3.63) is 53.6 Å². The molecular formula is C22H29N3O3S. The lowest BCUT2D eigenvalue weighted by Crippen LogP contribution is -2.31. The second kappa shape index (κ2) is 8.97. The summed E-state index contributed by atoms with van der Waals surface area (Å²) in [6, 6.07) is 12.4. The van der Waals surface area contributed by atoms with Crippen LogP contribution in [0.1, 0.15) is 42.6 Å². The fourth-order valence-electron chi connectivity index (χ4n) is 3.62. The van der Waals surface area contributed by atoms with Crippen LogP contribution in [0.4, 0.5) is 11.4 Å². The van der Waals surface area contributed by atoms with Crippen molar-refractivity contribution in [2.75, 3.05) is 36.4 Å². The molecule has 0 aliphatic carbocycles. The van der Waals surface area contributed by atoms with Gasteiger partial charge in [-0.1, -0.05) is 31.5 Å². The van der Waals surface area contributed by atoms with Crippen molar-refractivity contribution < 1.29 is 13.2 Å². The quantitative estimate of drug-likeness (QED) is 0.745. The van der Waals surface area contributed by atoms with Gasteiger partial charge < -0.3 is 10.2 Å². The van der Waals surface area contributed by atoms with E-state index >= 15 is 0 Å². The van der Waals surface area contributed by atoms with Crippen molar-refractivity contribution >= 4 is 27.3 Å². The lowest BCUT2D eigenvalue weighted by atomic mass is 10.1. The lowest BCUT2D eigenvalue weighted by Gasteiger charge is -2.24. The number of rotatable bonds is 7. The van der Waals surface area contributed by atoms with E-state index in [9.17, 15) is 13.2 Å². The van der Waals surface area contributed by atoms with E-state index in [-0.39, 0.29) is 10.8 Å². The maximum atomic E-state index is 13.0. The smallest absolute Gasteiger partial charge is 0.255 e. The SMILES string of the molecule is CCN(CC)S(=O)(=O)c1ccc(N2CCCC2)c(NC(=O)c2ccc(C)cc2)c1. The van der Waals surface area contributed by atoms with Gasteiger partial charge in [0, 0.05) is 31.7 Å². The number of carbonyl (C=O) groups is 1. The van der Waals surface area contributed by atoms with Crippen LogP contribution >= 0.6 is 0 Å². The molecule has 3 rings (SSSR count). The van der Waals surface area contributed by atoms with E-state index < -0.39 is 10.0 Å². The normalized spacial score (nSPS) is 14.4. The molecule has 1 saturated heterocycles. The van der Waals surface area contributed by atoms with Crippen LogP contribution in [-0.4, -0.2) is 44.8 Å². The molecule has 0 spiro atoms. The first-order valence-corrected chi connectivity index (χ1v) is 11.6. The monoisotopic (exact) mass is 415 g/mol. The molecule has 0 radical (unpaired) electrons. The van der Waals surface area contributed by atoms with Crippen LogP contribution in [0.25, 0.3) is 0 Å². The number of amides is 1. The van der Waals surface area contributed by atoms with E-state index in [0.717, 1.165) is 37.2 Å². The maximum Gasteiger partial charge on any atom is 0.255 e. The molecule has 0 aromatic heterocycles. The van der Waals surface area contributed by atoms with Gasteiger partial charge in [-0.05, 0) is 50.1 Å². The van der Waals surface area contributed by atoms with Gasteiger partial charge in [0.25, 0.3) is 5.91 Å². The molecule has 1 aliphatic heterocycles.